The quantitative estimate of drug-likeness (QED) is 0.591. The summed E-state index contributed by atoms with van der Waals surface area (Å²) in [5, 5.41) is 11.3. The highest BCUT2D eigenvalue weighted by Gasteiger charge is 2.20. The molecule has 0 aliphatic carbocycles. The molecular formula is C6H11NOS. The van der Waals surface area contributed by atoms with Crippen LogP contribution in [-0.4, -0.2) is 28.5 Å². The molecule has 1 aliphatic rings. The first kappa shape index (κ1) is 6.96. The minimum Gasteiger partial charge on any atom is -0.390 e. The van der Waals surface area contributed by atoms with Gasteiger partial charge in [-0.1, -0.05) is 0 Å². The molecule has 0 aromatic rings. The van der Waals surface area contributed by atoms with Crippen molar-refractivity contribution in [3.63, 3.8) is 0 Å². The highest BCUT2D eigenvalue weighted by Crippen LogP contribution is 2.25. The number of hydrogen-bond acceptors (Lipinski definition) is 3. The first-order valence-corrected chi connectivity index (χ1v) is 3.88. The van der Waals surface area contributed by atoms with E-state index >= 15 is 0 Å². The van der Waals surface area contributed by atoms with Crippen molar-refractivity contribution < 1.29 is 5.11 Å². The topological polar surface area (TPSA) is 23.5 Å². The normalized spacial score (nSPS) is 29.2. The van der Waals surface area contributed by atoms with Crippen LogP contribution in [-0.2, 0) is 0 Å². The number of thioether (sulfide) groups is 1. The van der Waals surface area contributed by atoms with Crippen LogP contribution in [0.5, 0.6) is 0 Å². The maximum absolute atomic E-state index is 9.12. The summed E-state index contributed by atoms with van der Waals surface area (Å²) in [5.41, 5.74) is 0. The Bertz CT molecular complexity index is 124. The summed E-state index contributed by atoms with van der Waals surface area (Å²) in [6.07, 6.45) is 1.72. The maximum atomic E-state index is 9.12. The summed E-state index contributed by atoms with van der Waals surface area (Å²) in [6.45, 7) is 1.81. The van der Waals surface area contributed by atoms with E-state index in [1.54, 1.807) is 18.7 Å². The Morgan fingerprint density at radius 1 is 1.78 bits per heavy atom. The predicted molar refractivity (Wildman–Crippen MR) is 40.0 cm³/mol. The van der Waals surface area contributed by atoms with Crippen molar-refractivity contribution in [3.05, 3.63) is 11.6 Å². The van der Waals surface area contributed by atoms with Crippen molar-refractivity contribution in [3.8, 4) is 0 Å². The van der Waals surface area contributed by atoms with Gasteiger partial charge < -0.3 is 10.0 Å². The molecule has 0 spiro atoms. The second-order valence-electron chi connectivity index (χ2n) is 2.22. The molecule has 0 saturated carbocycles. The lowest BCUT2D eigenvalue weighted by molar-refractivity contribution is 0.147. The Morgan fingerprint density at radius 2 is 2.44 bits per heavy atom. The van der Waals surface area contributed by atoms with Gasteiger partial charge >= 0.3 is 0 Å². The van der Waals surface area contributed by atoms with Gasteiger partial charge in [0.05, 0.1) is 6.10 Å². The van der Waals surface area contributed by atoms with Crippen LogP contribution in [0.4, 0.5) is 0 Å². The molecule has 2 unspecified atom stereocenters. The van der Waals surface area contributed by atoms with E-state index in [-0.39, 0.29) is 11.5 Å². The Kier molecular flexibility index (Phi) is 2.03. The molecule has 52 valence electrons. The summed E-state index contributed by atoms with van der Waals surface area (Å²) in [7, 11) is 1.97. The third-order valence-electron chi connectivity index (χ3n) is 1.33. The third kappa shape index (κ3) is 1.40. The smallest absolute Gasteiger partial charge is 0.104 e. The van der Waals surface area contributed by atoms with Gasteiger partial charge in [0.25, 0.3) is 0 Å². The third-order valence-corrected chi connectivity index (χ3v) is 2.61. The summed E-state index contributed by atoms with van der Waals surface area (Å²) < 4.78 is 0. The molecular weight excluding hydrogens is 134 g/mol. The molecule has 0 aromatic carbocycles. The van der Waals surface area contributed by atoms with Crippen molar-refractivity contribution in [2.45, 2.75) is 18.4 Å². The fourth-order valence-electron chi connectivity index (χ4n) is 0.846. The van der Waals surface area contributed by atoms with E-state index in [1.807, 2.05) is 23.6 Å². The van der Waals surface area contributed by atoms with Gasteiger partial charge in [-0.2, -0.15) is 0 Å². The number of aliphatic hydroxyl groups excluding tert-OH is 1. The summed E-state index contributed by atoms with van der Waals surface area (Å²) >= 11 is 1.65. The summed E-state index contributed by atoms with van der Waals surface area (Å²) in [5.74, 6) is 0. The lowest BCUT2D eigenvalue weighted by atomic mass is 10.4. The zero-order valence-corrected chi connectivity index (χ0v) is 6.43. The number of aliphatic hydroxyl groups is 1. The van der Waals surface area contributed by atoms with Gasteiger partial charge in [-0.3, -0.25) is 0 Å². The van der Waals surface area contributed by atoms with Crippen LogP contribution >= 0.6 is 11.8 Å². The van der Waals surface area contributed by atoms with Crippen LogP contribution in [0.2, 0.25) is 0 Å². The van der Waals surface area contributed by atoms with E-state index in [0.717, 1.165) is 0 Å². The molecule has 0 aromatic heterocycles. The van der Waals surface area contributed by atoms with Crippen molar-refractivity contribution in [2.24, 2.45) is 0 Å². The number of hydrogen-bond donors (Lipinski definition) is 1. The van der Waals surface area contributed by atoms with Crippen LogP contribution in [0.25, 0.3) is 0 Å². The minimum atomic E-state index is -0.255. The lowest BCUT2D eigenvalue weighted by Crippen LogP contribution is -2.30. The van der Waals surface area contributed by atoms with Gasteiger partial charge in [0.15, 0.2) is 0 Å². The largest absolute Gasteiger partial charge is 0.390 e. The molecule has 0 fully saturated rings. The monoisotopic (exact) mass is 145 g/mol. The Morgan fingerprint density at radius 3 is 2.67 bits per heavy atom. The fraction of sp³-hybridized carbons (Fsp3) is 0.667. The predicted octanol–water partition coefficient (Wildman–Crippen LogP) is 0.843. The molecule has 9 heavy (non-hydrogen) atoms. The van der Waals surface area contributed by atoms with Crippen LogP contribution < -0.4 is 0 Å². The standard InChI is InChI=1S/C6H11NOS/c1-5(8)6-7(2)3-4-9-6/h3-6,8H,1-2H3. The van der Waals surface area contributed by atoms with Gasteiger partial charge in [0, 0.05) is 13.2 Å². The van der Waals surface area contributed by atoms with Gasteiger partial charge in [-0.05, 0) is 12.3 Å². The van der Waals surface area contributed by atoms with Crippen LogP contribution in [0.1, 0.15) is 6.92 Å². The second kappa shape index (κ2) is 2.62. The SMILES string of the molecule is CC(O)C1SC=CN1C. The first-order chi connectivity index (χ1) is 4.22. The Labute approximate surface area is 59.5 Å². The van der Waals surface area contributed by atoms with Crippen molar-refractivity contribution in [2.75, 3.05) is 7.05 Å². The molecule has 1 rings (SSSR count). The van der Waals surface area contributed by atoms with Crippen molar-refractivity contribution in [1.29, 1.82) is 0 Å². The molecule has 0 amide bonds. The minimum absolute atomic E-state index is 0.227. The fourth-order valence-corrected chi connectivity index (χ4v) is 1.76. The van der Waals surface area contributed by atoms with Crippen molar-refractivity contribution in [1.82, 2.24) is 4.90 Å². The molecule has 0 radical (unpaired) electrons. The molecule has 0 bridgehead atoms. The zero-order valence-electron chi connectivity index (χ0n) is 5.61. The molecule has 1 heterocycles. The van der Waals surface area contributed by atoms with E-state index in [0.29, 0.717) is 0 Å². The first-order valence-electron chi connectivity index (χ1n) is 2.94. The van der Waals surface area contributed by atoms with E-state index in [2.05, 4.69) is 0 Å². The number of likely N-dealkylation sites (N-methyl/N-ethyl adjacent to an activating group) is 1. The summed E-state index contributed by atoms with van der Waals surface area (Å²) in [6, 6.07) is 0. The van der Waals surface area contributed by atoms with Crippen LogP contribution in [0, 0.1) is 0 Å². The Balaban J connectivity index is 2.45. The zero-order chi connectivity index (χ0) is 6.85. The average molecular weight is 145 g/mol. The highest BCUT2D eigenvalue weighted by atomic mass is 32.2. The van der Waals surface area contributed by atoms with Gasteiger partial charge in [0.2, 0.25) is 0 Å². The molecule has 1 N–H and O–H groups in total. The molecule has 0 saturated heterocycles. The summed E-state index contributed by atoms with van der Waals surface area (Å²) in [4.78, 5) is 2.01. The van der Waals surface area contributed by atoms with E-state index in [1.165, 1.54) is 0 Å². The Hall–Kier alpha value is -0.150. The van der Waals surface area contributed by atoms with E-state index < -0.39 is 0 Å². The average Bonchev–Trinajstić information content (AvgIpc) is 2.13. The molecule has 1 aliphatic heterocycles. The molecule has 3 heteroatoms. The molecule has 2 atom stereocenters. The van der Waals surface area contributed by atoms with Gasteiger partial charge in [-0.15, -0.1) is 11.8 Å². The highest BCUT2D eigenvalue weighted by molar-refractivity contribution is 8.02. The van der Waals surface area contributed by atoms with Crippen LogP contribution in [0.3, 0.4) is 0 Å². The van der Waals surface area contributed by atoms with Crippen molar-refractivity contribution >= 4 is 11.8 Å². The number of rotatable bonds is 1. The second-order valence-corrected chi connectivity index (χ2v) is 3.25. The number of nitrogens with zero attached hydrogens (tertiary/aromatic N) is 1. The van der Waals surface area contributed by atoms with E-state index in [9.17, 15) is 0 Å². The molecule has 2 nitrogen and oxygen atoms in total. The van der Waals surface area contributed by atoms with Crippen LogP contribution in [0.15, 0.2) is 11.6 Å². The van der Waals surface area contributed by atoms with Gasteiger partial charge in [-0.25, -0.2) is 0 Å². The lowest BCUT2D eigenvalue weighted by Gasteiger charge is -2.21. The van der Waals surface area contributed by atoms with Gasteiger partial charge in [0.1, 0.15) is 5.37 Å². The van der Waals surface area contributed by atoms with E-state index in [4.69, 9.17) is 5.11 Å². The maximum Gasteiger partial charge on any atom is 0.104 e.